The van der Waals surface area contributed by atoms with Gasteiger partial charge >= 0.3 is 0 Å². The van der Waals surface area contributed by atoms with Crippen LogP contribution in [0.3, 0.4) is 0 Å². The van der Waals surface area contributed by atoms with Crippen molar-refractivity contribution in [2.45, 2.75) is 13.3 Å². The lowest BCUT2D eigenvalue weighted by molar-refractivity contribution is 0.256. The summed E-state index contributed by atoms with van der Waals surface area (Å²) >= 11 is 0. The van der Waals surface area contributed by atoms with Gasteiger partial charge in [-0.05, 0) is 43.2 Å². The van der Waals surface area contributed by atoms with E-state index >= 15 is 0 Å². The maximum atomic E-state index is 6.06. The molecule has 170 valence electrons. The molecular formula is C23H34IN5O2. The number of aryl methyl sites for hydroxylation is 1. The second-order valence-electron chi connectivity index (χ2n) is 7.48. The van der Waals surface area contributed by atoms with Crippen molar-refractivity contribution in [2.75, 3.05) is 63.7 Å². The quantitative estimate of drug-likeness (QED) is 0.231. The summed E-state index contributed by atoms with van der Waals surface area (Å²) in [5.74, 6) is 1.81. The van der Waals surface area contributed by atoms with Crippen LogP contribution in [0.4, 0.5) is 11.4 Å². The summed E-state index contributed by atoms with van der Waals surface area (Å²) in [6.07, 6.45) is 0.974. The Bertz CT molecular complexity index is 854. The van der Waals surface area contributed by atoms with E-state index in [9.17, 15) is 0 Å². The summed E-state index contributed by atoms with van der Waals surface area (Å²) in [5, 5.41) is 3.11. The molecule has 1 heterocycles. The van der Waals surface area contributed by atoms with Gasteiger partial charge in [-0.25, -0.2) is 0 Å². The Labute approximate surface area is 202 Å². The minimum atomic E-state index is 0. The van der Waals surface area contributed by atoms with Gasteiger partial charge in [0.2, 0.25) is 0 Å². The number of piperazine rings is 1. The lowest BCUT2D eigenvalue weighted by atomic mass is 10.2. The van der Waals surface area contributed by atoms with E-state index in [2.05, 4.69) is 51.3 Å². The zero-order valence-corrected chi connectivity index (χ0v) is 21.0. The first-order chi connectivity index (χ1) is 14.6. The summed E-state index contributed by atoms with van der Waals surface area (Å²) in [4.78, 5) is 9.42. The lowest BCUT2D eigenvalue weighted by Crippen LogP contribution is -2.46. The van der Waals surface area contributed by atoms with Crippen molar-refractivity contribution in [3.8, 4) is 11.5 Å². The highest BCUT2D eigenvalue weighted by molar-refractivity contribution is 14.0. The Balaban J connectivity index is 0.00000341. The smallest absolute Gasteiger partial charge is 0.193 e. The van der Waals surface area contributed by atoms with Crippen LogP contribution in [-0.2, 0) is 0 Å². The van der Waals surface area contributed by atoms with E-state index in [1.54, 1.807) is 14.2 Å². The average Bonchev–Trinajstić information content (AvgIpc) is 2.77. The van der Waals surface area contributed by atoms with Crippen LogP contribution in [0, 0.1) is 6.92 Å². The number of methoxy groups -OCH3 is 2. The third-order valence-electron chi connectivity index (χ3n) is 5.32. The highest BCUT2D eigenvalue weighted by Gasteiger charge is 2.16. The minimum absolute atomic E-state index is 0. The summed E-state index contributed by atoms with van der Waals surface area (Å²) < 4.78 is 10.6. The van der Waals surface area contributed by atoms with Gasteiger partial charge in [0.1, 0.15) is 11.5 Å². The Morgan fingerprint density at radius 1 is 1.06 bits per heavy atom. The maximum Gasteiger partial charge on any atom is 0.193 e. The van der Waals surface area contributed by atoms with E-state index in [1.165, 1.54) is 11.3 Å². The van der Waals surface area contributed by atoms with Gasteiger partial charge in [-0.15, -0.1) is 24.0 Å². The topological polar surface area (TPSA) is 75.3 Å². The minimum Gasteiger partial charge on any atom is -0.497 e. The van der Waals surface area contributed by atoms with Crippen molar-refractivity contribution in [1.82, 2.24) is 4.90 Å². The molecule has 0 unspecified atom stereocenters. The maximum absolute atomic E-state index is 6.06. The van der Waals surface area contributed by atoms with Crippen molar-refractivity contribution in [2.24, 2.45) is 10.7 Å². The van der Waals surface area contributed by atoms with Crippen LogP contribution < -0.4 is 25.4 Å². The predicted molar refractivity (Wildman–Crippen MR) is 140 cm³/mol. The number of halogens is 1. The molecule has 1 aliphatic rings. The largest absolute Gasteiger partial charge is 0.497 e. The number of aliphatic imine (C=N–C) groups is 1. The fraction of sp³-hybridized carbons (Fsp3) is 0.435. The molecule has 1 saturated heterocycles. The van der Waals surface area contributed by atoms with Gasteiger partial charge in [0.05, 0.1) is 19.9 Å². The molecule has 0 saturated carbocycles. The highest BCUT2D eigenvalue weighted by Crippen LogP contribution is 2.28. The Morgan fingerprint density at radius 3 is 2.52 bits per heavy atom. The normalized spacial score (nSPS) is 14.7. The molecular weight excluding hydrogens is 505 g/mol. The van der Waals surface area contributed by atoms with Crippen LogP contribution in [0.1, 0.15) is 12.0 Å². The molecule has 2 aromatic carbocycles. The average molecular weight is 539 g/mol. The van der Waals surface area contributed by atoms with Crippen molar-refractivity contribution in [3.05, 3.63) is 48.0 Å². The van der Waals surface area contributed by atoms with Gasteiger partial charge in [-0.3, -0.25) is 9.89 Å². The predicted octanol–water partition coefficient (Wildman–Crippen LogP) is 3.57. The van der Waals surface area contributed by atoms with E-state index in [0.717, 1.165) is 50.6 Å². The van der Waals surface area contributed by atoms with Gasteiger partial charge in [-0.2, -0.15) is 0 Å². The summed E-state index contributed by atoms with van der Waals surface area (Å²) in [6, 6.07) is 14.3. The summed E-state index contributed by atoms with van der Waals surface area (Å²) in [7, 11) is 3.25. The number of benzene rings is 2. The van der Waals surface area contributed by atoms with E-state index in [-0.39, 0.29) is 24.0 Å². The van der Waals surface area contributed by atoms with Gasteiger partial charge in [0.25, 0.3) is 0 Å². The molecule has 1 aliphatic heterocycles. The number of nitrogens with zero attached hydrogens (tertiary/aromatic N) is 3. The first kappa shape index (κ1) is 25.1. The standard InChI is InChI=1S/C23H33N5O2.HI/c1-18-6-4-7-19(16-18)28-14-12-27(13-15-28)11-5-10-25-23(24)26-21-17-20(29-2)8-9-22(21)30-3;/h4,6-9,16-17H,5,10-15H2,1-3H3,(H3,24,25,26);1H. The van der Waals surface area contributed by atoms with Crippen molar-refractivity contribution >= 4 is 41.3 Å². The first-order valence-corrected chi connectivity index (χ1v) is 10.4. The Morgan fingerprint density at radius 2 is 1.84 bits per heavy atom. The number of ether oxygens (including phenoxy) is 2. The van der Waals surface area contributed by atoms with E-state index in [1.807, 2.05) is 18.2 Å². The molecule has 0 aromatic heterocycles. The highest BCUT2D eigenvalue weighted by atomic mass is 127. The summed E-state index contributed by atoms with van der Waals surface area (Å²) in [6.45, 7) is 8.13. The molecule has 0 aliphatic carbocycles. The van der Waals surface area contributed by atoms with Crippen LogP contribution >= 0.6 is 24.0 Å². The van der Waals surface area contributed by atoms with Crippen molar-refractivity contribution in [3.63, 3.8) is 0 Å². The fourth-order valence-corrected chi connectivity index (χ4v) is 3.64. The second-order valence-corrected chi connectivity index (χ2v) is 7.48. The first-order valence-electron chi connectivity index (χ1n) is 10.4. The molecule has 8 heteroatoms. The fourth-order valence-electron chi connectivity index (χ4n) is 3.64. The van der Waals surface area contributed by atoms with Gasteiger partial charge < -0.3 is 25.4 Å². The van der Waals surface area contributed by atoms with Gasteiger partial charge in [0.15, 0.2) is 5.96 Å². The molecule has 0 radical (unpaired) electrons. The third-order valence-corrected chi connectivity index (χ3v) is 5.32. The molecule has 0 spiro atoms. The number of rotatable bonds is 8. The van der Waals surface area contributed by atoms with Crippen LogP contribution in [0.2, 0.25) is 0 Å². The third kappa shape index (κ3) is 7.46. The second kappa shape index (κ2) is 12.6. The van der Waals surface area contributed by atoms with Crippen molar-refractivity contribution in [1.29, 1.82) is 0 Å². The van der Waals surface area contributed by atoms with Crippen LogP contribution in [0.5, 0.6) is 11.5 Å². The number of nitrogens with one attached hydrogen (secondary N) is 1. The Kier molecular flexibility index (Phi) is 10.2. The summed E-state index contributed by atoms with van der Waals surface area (Å²) in [5.41, 5.74) is 9.43. The van der Waals surface area contributed by atoms with Gasteiger partial charge in [0, 0.05) is 51.0 Å². The molecule has 7 nitrogen and oxygen atoms in total. The van der Waals surface area contributed by atoms with Crippen LogP contribution in [0.15, 0.2) is 47.5 Å². The van der Waals surface area contributed by atoms with E-state index < -0.39 is 0 Å². The number of hydrogen-bond acceptors (Lipinski definition) is 5. The van der Waals surface area contributed by atoms with E-state index in [4.69, 9.17) is 15.2 Å². The van der Waals surface area contributed by atoms with E-state index in [0.29, 0.717) is 18.3 Å². The van der Waals surface area contributed by atoms with Gasteiger partial charge in [-0.1, -0.05) is 12.1 Å². The SMILES string of the molecule is COc1ccc(OC)c(NC(N)=NCCCN2CCN(c3cccc(C)c3)CC2)c1.I. The number of hydrogen-bond donors (Lipinski definition) is 2. The van der Waals surface area contributed by atoms with Crippen LogP contribution in [0.25, 0.3) is 0 Å². The number of guanidine groups is 1. The molecule has 0 amide bonds. The molecule has 1 fully saturated rings. The van der Waals surface area contributed by atoms with Crippen molar-refractivity contribution < 1.29 is 9.47 Å². The monoisotopic (exact) mass is 539 g/mol. The zero-order valence-electron chi connectivity index (χ0n) is 18.6. The molecule has 2 aromatic rings. The van der Waals surface area contributed by atoms with Crippen LogP contribution in [-0.4, -0.2) is 64.3 Å². The molecule has 31 heavy (non-hydrogen) atoms. The Hall–Kier alpha value is -2.20. The molecule has 0 atom stereocenters. The zero-order chi connectivity index (χ0) is 21.3. The molecule has 3 rings (SSSR count). The number of nitrogens with two attached hydrogens (primary N) is 1. The number of anilines is 2. The lowest BCUT2D eigenvalue weighted by Gasteiger charge is -2.36. The molecule has 0 bridgehead atoms. The molecule has 3 N–H and O–H groups in total.